The fourth-order valence-corrected chi connectivity index (χ4v) is 1.85. The van der Waals surface area contributed by atoms with Gasteiger partial charge >= 0.3 is 12.2 Å². The normalized spacial score (nSPS) is 18.0. The maximum atomic E-state index is 13.1. The minimum atomic E-state index is -5.26. The average Bonchev–Trinajstić information content (AvgIpc) is 2.89. The summed E-state index contributed by atoms with van der Waals surface area (Å²) in [6.07, 6.45) is -11.7. The van der Waals surface area contributed by atoms with E-state index < -0.39 is 25.1 Å². The summed E-state index contributed by atoms with van der Waals surface area (Å²) in [6, 6.07) is 5.29. The van der Waals surface area contributed by atoms with Gasteiger partial charge in [0.1, 0.15) is 12.4 Å². The molecule has 1 aliphatic heterocycles. The molecule has 121 valence electrons. The first-order valence-electron chi connectivity index (χ1n) is 6.36. The predicted octanol–water partition coefficient (Wildman–Crippen LogP) is 2.85. The summed E-state index contributed by atoms with van der Waals surface area (Å²) in [5.74, 6) is 0.0735. The number of alkyl halides is 5. The molecule has 1 radical (unpaired) electrons. The van der Waals surface area contributed by atoms with Gasteiger partial charge in [-0.25, -0.2) is 18.9 Å². The van der Waals surface area contributed by atoms with Gasteiger partial charge in [0.05, 0.1) is 6.54 Å². The smallest absolute Gasteiger partial charge is 0.422 e. The monoisotopic (exact) mass is 323 g/mol. The van der Waals surface area contributed by atoms with Gasteiger partial charge in [-0.15, -0.1) is 0 Å². The van der Waals surface area contributed by atoms with Crippen molar-refractivity contribution in [3.63, 3.8) is 0 Å². The van der Waals surface area contributed by atoms with Crippen LogP contribution in [0.25, 0.3) is 0 Å². The quantitative estimate of drug-likeness (QED) is 0.782. The molecule has 0 bridgehead atoms. The number of nitrogens with zero attached hydrogens (tertiary/aromatic N) is 2. The molecule has 2 rings (SSSR count). The largest absolute Gasteiger partial charge is 0.490 e. The number of carbonyl (C=O) groups excluding carboxylic acids is 1. The molecule has 2 atom stereocenters. The highest BCUT2D eigenvalue weighted by Crippen LogP contribution is 2.28. The van der Waals surface area contributed by atoms with E-state index in [1.807, 2.05) is 0 Å². The highest BCUT2D eigenvalue weighted by molar-refractivity contribution is 5.93. The Morgan fingerprint density at radius 3 is 2.36 bits per heavy atom. The van der Waals surface area contributed by atoms with Crippen LogP contribution in [0, 0.1) is 0 Å². The molecule has 0 saturated carbocycles. The van der Waals surface area contributed by atoms with Crippen LogP contribution in [-0.2, 0) is 0 Å². The lowest BCUT2D eigenvalue weighted by Gasteiger charge is -2.17. The van der Waals surface area contributed by atoms with Crippen molar-refractivity contribution in [1.82, 2.24) is 5.32 Å². The third-order valence-corrected chi connectivity index (χ3v) is 2.99. The number of ether oxygens (including phenoxy) is 1. The van der Waals surface area contributed by atoms with E-state index in [0.717, 1.165) is 0 Å². The van der Waals surface area contributed by atoms with E-state index >= 15 is 0 Å². The Labute approximate surface area is 122 Å². The second-order valence-electron chi connectivity index (χ2n) is 4.58. The topological polar surface area (TPSA) is 43.6 Å². The Bertz CT molecular complexity index is 520. The van der Waals surface area contributed by atoms with Gasteiger partial charge in [-0.3, -0.25) is 4.90 Å². The molecular weight excluding hydrogens is 311 g/mol. The summed E-state index contributed by atoms with van der Waals surface area (Å²) in [7, 11) is 0. The Hall–Kier alpha value is -2.06. The van der Waals surface area contributed by atoms with E-state index in [0.29, 0.717) is 18.8 Å². The van der Waals surface area contributed by atoms with Crippen LogP contribution in [0.1, 0.15) is 0 Å². The van der Waals surface area contributed by atoms with Crippen molar-refractivity contribution in [2.24, 2.45) is 0 Å². The van der Waals surface area contributed by atoms with Gasteiger partial charge < -0.3 is 4.74 Å². The zero-order chi connectivity index (χ0) is 16.3. The third kappa shape index (κ3) is 3.77. The SMILES string of the molecule is O=C1[N]CCN1c1ccc(OCC(F)C(F)C(F)(F)F)cc1. The van der Waals surface area contributed by atoms with Crippen molar-refractivity contribution in [3.05, 3.63) is 24.3 Å². The number of amides is 2. The molecule has 1 fully saturated rings. The highest BCUT2D eigenvalue weighted by atomic mass is 19.4. The molecule has 1 aromatic carbocycles. The van der Waals surface area contributed by atoms with Crippen LogP contribution in [0.4, 0.5) is 32.4 Å². The molecule has 0 aromatic heterocycles. The van der Waals surface area contributed by atoms with Gasteiger partial charge in [0.25, 0.3) is 0 Å². The van der Waals surface area contributed by atoms with Gasteiger partial charge in [0.2, 0.25) is 6.17 Å². The molecule has 2 amide bonds. The average molecular weight is 323 g/mol. The van der Waals surface area contributed by atoms with E-state index in [4.69, 9.17) is 4.74 Å². The Kier molecular flexibility index (Phi) is 4.72. The van der Waals surface area contributed by atoms with Crippen molar-refractivity contribution in [2.45, 2.75) is 18.5 Å². The zero-order valence-electron chi connectivity index (χ0n) is 11.2. The first-order valence-corrected chi connectivity index (χ1v) is 6.36. The molecule has 1 aliphatic rings. The second-order valence-corrected chi connectivity index (χ2v) is 4.58. The summed E-state index contributed by atoms with van der Waals surface area (Å²) < 4.78 is 66.5. The lowest BCUT2D eigenvalue weighted by Crippen LogP contribution is -2.37. The van der Waals surface area contributed by atoms with Gasteiger partial charge in [-0.2, -0.15) is 13.2 Å². The summed E-state index contributed by atoms with van der Waals surface area (Å²) in [4.78, 5) is 12.8. The van der Waals surface area contributed by atoms with Crippen LogP contribution in [0.2, 0.25) is 0 Å². The number of benzene rings is 1. The highest BCUT2D eigenvalue weighted by Gasteiger charge is 2.46. The standard InChI is InChI=1S/C13H12F5N2O2/c14-10(11(15)13(16,17)18)7-22-9-3-1-8(2-4-9)20-6-5-19-12(20)21/h1-4,10-11H,5-7H2. The third-order valence-electron chi connectivity index (χ3n) is 2.99. The summed E-state index contributed by atoms with van der Waals surface area (Å²) in [6.45, 7) is -0.241. The van der Waals surface area contributed by atoms with E-state index in [-0.39, 0.29) is 11.8 Å². The fourth-order valence-electron chi connectivity index (χ4n) is 1.85. The lowest BCUT2D eigenvalue weighted by molar-refractivity contribution is -0.198. The van der Waals surface area contributed by atoms with Crippen LogP contribution in [-0.4, -0.2) is 44.2 Å². The van der Waals surface area contributed by atoms with Crippen LogP contribution < -0.4 is 15.0 Å². The van der Waals surface area contributed by atoms with Crippen molar-refractivity contribution in [1.29, 1.82) is 0 Å². The summed E-state index contributed by atoms with van der Waals surface area (Å²) >= 11 is 0. The maximum absolute atomic E-state index is 13.1. The van der Waals surface area contributed by atoms with Gasteiger partial charge in [-0.1, -0.05) is 0 Å². The predicted molar refractivity (Wildman–Crippen MR) is 67.5 cm³/mol. The first-order chi connectivity index (χ1) is 10.3. The van der Waals surface area contributed by atoms with Crippen LogP contribution in [0.15, 0.2) is 24.3 Å². The van der Waals surface area contributed by atoms with Crippen molar-refractivity contribution >= 4 is 11.7 Å². The Morgan fingerprint density at radius 1 is 1.23 bits per heavy atom. The molecule has 1 saturated heterocycles. The summed E-state index contributed by atoms with van der Waals surface area (Å²) in [5.41, 5.74) is 0.536. The molecule has 2 unspecified atom stereocenters. The van der Waals surface area contributed by atoms with Gasteiger partial charge in [0.15, 0.2) is 6.17 Å². The van der Waals surface area contributed by atoms with Crippen molar-refractivity contribution in [2.75, 3.05) is 24.6 Å². The second kappa shape index (κ2) is 6.37. The lowest BCUT2D eigenvalue weighted by atomic mass is 10.2. The molecule has 0 spiro atoms. The zero-order valence-corrected chi connectivity index (χ0v) is 11.2. The molecule has 1 aromatic rings. The fraction of sp³-hybridized carbons (Fsp3) is 0.462. The molecule has 0 N–H and O–H groups in total. The first kappa shape index (κ1) is 16.3. The van der Waals surface area contributed by atoms with Crippen LogP contribution >= 0.6 is 0 Å². The molecule has 9 heteroatoms. The molecular formula is C13H12F5N2O2. The maximum Gasteiger partial charge on any atom is 0.422 e. The Morgan fingerprint density at radius 2 is 1.86 bits per heavy atom. The molecule has 22 heavy (non-hydrogen) atoms. The molecule has 1 heterocycles. The Balaban J connectivity index is 1.90. The molecule has 0 aliphatic carbocycles. The number of rotatable bonds is 5. The number of anilines is 1. The molecule has 4 nitrogen and oxygen atoms in total. The number of hydrogen-bond acceptors (Lipinski definition) is 2. The van der Waals surface area contributed by atoms with Crippen LogP contribution in [0.5, 0.6) is 5.75 Å². The van der Waals surface area contributed by atoms with Gasteiger partial charge in [0, 0.05) is 12.2 Å². The number of urea groups is 1. The van der Waals surface area contributed by atoms with E-state index in [1.165, 1.54) is 29.2 Å². The summed E-state index contributed by atoms with van der Waals surface area (Å²) in [5, 5.41) is 3.68. The minimum absolute atomic E-state index is 0.0735. The van der Waals surface area contributed by atoms with Gasteiger partial charge in [-0.05, 0) is 24.3 Å². The van der Waals surface area contributed by atoms with E-state index in [1.54, 1.807) is 0 Å². The van der Waals surface area contributed by atoms with Crippen LogP contribution in [0.3, 0.4) is 0 Å². The van der Waals surface area contributed by atoms with Crippen molar-refractivity contribution in [3.8, 4) is 5.75 Å². The number of halogens is 5. The minimum Gasteiger partial charge on any atom is -0.490 e. The number of hydrogen-bond donors (Lipinski definition) is 0. The van der Waals surface area contributed by atoms with Crippen molar-refractivity contribution < 1.29 is 31.5 Å². The number of carbonyl (C=O) groups is 1. The van der Waals surface area contributed by atoms with E-state index in [2.05, 4.69) is 5.32 Å². The van der Waals surface area contributed by atoms with E-state index in [9.17, 15) is 26.7 Å².